The Balaban J connectivity index is 2.11. The van der Waals surface area contributed by atoms with Crippen LogP contribution < -0.4 is 10.1 Å². The van der Waals surface area contributed by atoms with Gasteiger partial charge in [0.05, 0.1) is 11.1 Å². The molecule has 0 unspecified atom stereocenters. The molecule has 0 spiro atoms. The second-order valence-corrected chi connectivity index (χ2v) is 4.48. The smallest absolute Gasteiger partial charge is 0.223 e. The molecule has 0 amide bonds. The monoisotopic (exact) mass is 233 g/mol. The molecule has 1 aliphatic rings. The van der Waals surface area contributed by atoms with Crippen molar-refractivity contribution in [2.45, 2.75) is 13.5 Å². The van der Waals surface area contributed by atoms with Crippen molar-refractivity contribution in [3.63, 3.8) is 0 Å². The first-order valence-electron chi connectivity index (χ1n) is 5.19. The highest BCUT2D eigenvalue weighted by atomic mass is 32.1. The third kappa shape index (κ3) is 1.44. The highest BCUT2D eigenvalue weighted by molar-refractivity contribution is 7.10. The number of ether oxygens (including phenoxy) is 1. The van der Waals surface area contributed by atoms with E-state index in [1.165, 1.54) is 10.4 Å². The summed E-state index contributed by atoms with van der Waals surface area (Å²) in [6, 6.07) is 2.09. The Bertz CT molecular complexity index is 524. The summed E-state index contributed by atoms with van der Waals surface area (Å²) in [5.41, 5.74) is 2.07. The van der Waals surface area contributed by atoms with Crippen molar-refractivity contribution >= 4 is 17.3 Å². The van der Waals surface area contributed by atoms with Gasteiger partial charge in [-0.1, -0.05) is 0 Å². The van der Waals surface area contributed by atoms with Crippen LogP contribution in [0.1, 0.15) is 11.8 Å². The summed E-state index contributed by atoms with van der Waals surface area (Å²) >= 11 is 1.70. The second-order valence-electron chi connectivity index (χ2n) is 3.48. The number of thiophene rings is 1. The molecular formula is C11H11N3OS. The minimum absolute atomic E-state index is 0.629. The van der Waals surface area contributed by atoms with Gasteiger partial charge in [-0.25, -0.2) is 9.97 Å². The van der Waals surface area contributed by atoms with E-state index in [1.807, 2.05) is 6.92 Å². The Morgan fingerprint density at radius 2 is 2.50 bits per heavy atom. The lowest BCUT2D eigenvalue weighted by atomic mass is 10.1. The normalized spacial score (nSPS) is 12.6. The maximum atomic E-state index is 5.60. The third-order valence-corrected chi connectivity index (χ3v) is 3.34. The van der Waals surface area contributed by atoms with Crippen LogP contribution in [0.2, 0.25) is 0 Å². The van der Waals surface area contributed by atoms with Gasteiger partial charge in [0, 0.05) is 12.1 Å². The van der Waals surface area contributed by atoms with E-state index in [2.05, 4.69) is 26.7 Å². The number of nitrogens with one attached hydrogen (secondary N) is 1. The van der Waals surface area contributed by atoms with Gasteiger partial charge < -0.3 is 10.1 Å². The molecule has 1 aliphatic heterocycles. The van der Waals surface area contributed by atoms with Crippen molar-refractivity contribution in [1.29, 1.82) is 0 Å². The van der Waals surface area contributed by atoms with Crippen LogP contribution in [-0.4, -0.2) is 16.5 Å². The van der Waals surface area contributed by atoms with E-state index < -0.39 is 0 Å². The topological polar surface area (TPSA) is 47.0 Å². The molecule has 1 N–H and O–H groups in total. The summed E-state index contributed by atoms with van der Waals surface area (Å²) in [5, 5.41) is 5.17. The largest absolute Gasteiger partial charge is 0.484 e. The standard InChI is InChI=1S/C11H11N3OS/c1-2-12-11-13-5-8-10(14-11)7-3-4-16-9(7)6-15-8/h3-5H,2,6H2,1H3,(H,12,13,14). The van der Waals surface area contributed by atoms with Gasteiger partial charge in [0.1, 0.15) is 12.3 Å². The third-order valence-electron chi connectivity index (χ3n) is 2.45. The molecule has 0 atom stereocenters. The number of fused-ring (bicyclic) bond motifs is 3. The van der Waals surface area contributed by atoms with E-state index in [0.717, 1.165) is 18.0 Å². The van der Waals surface area contributed by atoms with E-state index in [-0.39, 0.29) is 0 Å². The van der Waals surface area contributed by atoms with Gasteiger partial charge in [-0.05, 0) is 18.4 Å². The van der Waals surface area contributed by atoms with Crippen molar-refractivity contribution < 1.29 is 4.74 Å². The molecule has 2 aromatic rings. The second kappa shape index (κ2) is 3.75. The Hall–Kier alpha value is -1.62. The summed E-state index contributed by atoms with van der Waals surface area (Å²) in [4.78, 5) is 9.90. The summed E-state index contributed by atoms with van der Waals surface area (Å²) in [6.07, 6.45) is 1.74. The van der Waals surface area contributed by atoms with Crippen molar-refractivity contribution in [3.05, 3.63) is 22.5 Å². The number of nitrogens with zero attached hydrogens (tertiary/aromatic N) is 2. The quantitative estimate of drug-likeness (QED) is 0.865. The van der Waals surface area contributed by atoms with Gasteiger partial charge in [-0.15, -0.1) is 11.3 Å². The van der Waals surface area contributed by atoms with Crippen LogP contribution in [0.4, 0.5) is 5.95 Å². The van der Waals surface area contributed by atoms with E-state index in [1.54, 1.807) is 17.5 Å². The maximum Gasteiger partial charge on any atom is 0.223 e. The molecule has 82 valence electrons. The molecule has 0 radical (unpaired) electrons. The zero-order chi connectivity index (χ0) is 11.0. The molecule has 4 nitrogen and oxygen atoms in total. The zero-order valence-corrected chi connectivity index (χ0v) is 9.67. The van der Waals surface area contributed by atoms with E-state index in [0.29, 0.717) is 12.6 Å². The van der Waals surface area contributed by atoms with Crippen LogP contribution in [0, 0.1) is 0 Å². The molecule has 16 heavy (non-hydrogen) atoms. The first kappa shape index (κ1) is 9.59. The molecule has 3 heterocycles. The predicted molar refractivity (Wildman–Crippen MR) is 63.8 cm³/mol. The molecule has 5 heteroatoms. The fraction of sp³-hybridized carbons (Fsp3) is 0.273. The lowest BCUT2D eigenvalue weighted by Gasteiger charge is -2.16. The fourth-order valence-corrected chi connectivity index (χ4v) is 2.51. The first-order chi connectivity index (χ1) is 7.88. The van der Waals surface area contributed by atoms with Gasteiger partial charge in [-0.3, -0.25) is 0 Å². The molecule has 0 aliphatic carbocycles. The molecule has 0 bridgehead atoms. The number of aromatic nitrogens is 2. The SMILES string of the molecule is CCNc1ncc2c(n1)-c1ccsc1CO2. The number of hydrogen-bond acceptors (Lipinski definition) is 5. The maximum absolute atomic E-state index is 5.60. The molecule has 2 aromatic heterocycles. The summed E-state index contributed by atoms with van der Waals surface area (Å²) in [5.74, 6) is 1.43. The van der Waals surface area contributed by atoms with Gasteiger partial charge in [0.15, 0.2) is 5.75 Å². The first-order valence-corrected chi connectivity index (χ1v) is 6.07. The van der Waals surface area contributed by atoms with Crippen molar-refractivity contribution in [3.8, 4) is 17.0 Å². The Morgan fingerprint density at radius 3 is 3.38 bits per heavy atom. The summed E-state index contributed by atoms with van der Waals surface area (Å²) < 4.78 is 5.60. The minimum atomic E-state index is 0.629. The van der Waals surface area contributed by atoms with Crippen molar-refractivity contribution in [2.75, 3.05) is 11.9 Å². The Kier molecular flexibility index (Phi) is 2.25. The number of rotatable bonds is 2. The molecule has 3 rings (SSSR count). The highest BCUT2D eigenvalue weighted by Crippen LogP contribution is 2.38. The van der Waals surface area contributed by atoms with Crippen LogP contribution in [0.5, 0.6) is 5.75 Å². The average Bonchev–Trinajstić information content (AvgIpc) is 2.78. The Labute approximate surface area is 97.3 Å². The van der Waals surface area contributed by atoms with Crippen LogP contribution >= 0.6 is 11.3 Å². The molecule has 0 aromatic carbocycles. The minimum Gasteiger partial charge on any atom is -0.484 e. The van der Waals surface area contributed by atoms with Gasteiger partial charge in [0.25, 0.3) is 0 Å². The van der Waals surface area contributed by atoms with Gasteiger partial charge in [0.2, 0.25) is 5.95 Å². The molecular weight excluding hydrogens is 222 g/mol. The van der Waals surface area contributed by atoms with E-state index in [9.17, 15) is 0 Å². The van der Waals surface area contributed by atoms with Gasteiger partial charge >= 0.3 is 0 Å². The van der Waals surface area contributed by atoms with Crippen molar-refractivity contribution in [1.82, 2.24) is 9.97 Å². The van der Waals surface area contributed by atoms with Crippen LogP contribution in [0.25, 0.3) is 11.3 Å². The summed E-state index contributed by atoms with van der Waals surface area (Å²) in [7, 11) is 0. The highest BCUT2D eigenvalue weighted by Gasteiger charge is 2.20. The Morgan fingerprint density at radius 1 is 1.56 bits per heavy atom. The average molecular weight is 233 g/mol. The van der Waals surface area contributed by atoms with Gasteiger partial charge in [-0.2, -0.15) is 0 Å². The molecule has 0 saturated heterocycles. The van der Waals surface area contributed by atoms with E-state index >= 15 is 0 Å². The van der Waals surface area contributed by atoms with Crippen LogP contribution in [-0.2, 0) is 6.61 Å². The van der Waals surface area contributed by atoms with Crippen LogP contribution in [0.15, 0.2) is 17.6 Å². The van der Waals surface area contributed by atoms with E-state index in [4.69, 9.17) is 4.74 Å². The lowest BCUT2D eigenvalue weighted by Crippen LogP contribution is -2.08. The van der Waals surface area contributed by atoms with Crippen LogP contribution in [0.3, 0.4) is 0 Å². The predicted octanol–water partition coefficient (Wildman–Crippen LogP) is 2.53. The molecule has 0 saturated carbocycles. The molecule has 0 fully saturated rings. The number of anilines is 1. The van der Waals surface area contributed by atoms with Crippen molar-refractivity contribution in [2.24, 2.45) is 0 Å². The lowest BCUT2D eigenvalue weighted by molar-refractivity contribution is 0.303. The number of hydrogen-bond donors (Lipinski definition) is 1. The fourth-order valence-electron chi connectivity index (χ4n) is 1.72. The zero-order valence-electron chi connectivity index (χ0n) is 8.86. The summed E-state index contributed by atoms with van der Waals surface area (Å²) in [6.45, 7) is 3.47.